The van der Waals surface area contributed by atoms with E-state index in [9.17, 15) is 29.8 Å². The highest BCUT2D eigenvalue weighted by atomic mass is 16.6. The summed E-state index contributed by atoms with van der Waals surface area (Å²) in [6.45, 7) is 2.70. The molecule has 6 N–H and O–H groups in total. The van der Waals surface area contributed by atoms with Crippen molar-refractivity contribution >= 4 is 45.9 Å². The first-order chi connectivity index (χ1) is 13.4. The van der Waals surface area contributed by atoms with E-state index in [0.29, 0.717) is 0 Å². The Hall–Kier alpha value is -4.22. The third-order valence-electron chi connectivity index (χ3n) is 4.12. The molecule has 0 heterocycles. The maximum Gasteiger partial charge on any atom is 0.271 e. The van der Waals surface area contributed by atoms with Crippen LogP contribution in [-0.4, -0.2) is 21.7 Å². The minimum Gasteiger partial charge on any atom is -0.397 e. The second-order valence-corrected chi connectivity index (χ2v) is 6.59. The summed E-state index contributed by atoms with van der Waals surface area (Å²) in [7, 11) is 0. The zero-order valence-corrected chi connectivity index (χ0v) is 15.5. The highest BCUT2D eigenvalue weighted by Gasteiger charge is 2.37. The molecular weight excluding hydrogens is 384 g/mol. The van der Waals surface area contributed by atoms with Crippen LogP contribution in [0, 0.1) is 25.6 Å². The van der Waals surface area contributed by atoms with Crippen LogP contribution in [0.3, 0.4) is 0 Å². The summed E-state index contributed by atoms with van der Waals surface area (Å²) in [5.41, 5.74) is 9.49. The molecule has 0 radical (unpaired) electrons. The first-order valence-corrected chi connectivity index (χ1v) is 8.14. The lowest BCUT2D eigenvalue weighted by Crippen LogP contribution is -2.41. The van der Waals surface area contributed by atoms with Crippen LogP contribution in [-0.2, 0) is 9.59 Å². The predicted octanol–water partition coefficient (Wildman–Crippen LogP) is 2.27. The quantitative estimate of drug-likeness (QED) is 0.244. The third kappa shape index (κ3) is 4.55. The molecule has 2 aromatic rings. The molecule has 2 aromatic carbocycles. The van der Waals surface area contributed by atoms with E-state index in [1.807, 2.05) is 0 Å². The average molecular weight is 402 g/mol. The molecule has 0 saturated heterocycles. The molecule has 0 atom stereocenters. The molecule has 0 aliphatic heterocycles. The van der Waals surface area contributed by atoms with Gasteiger partial charge in [-0.1, -0.05) is 0 Å². The van der Waals surface area contributed by atoms with Gasteiger partial charge in [0.25, 0.3) is 11.4 Å². The van der Waals surface area contributed by atoms with Crippen molar-refractivity contribution in [3.63, 3.8) is 0 Å². The Morgan fingerprint density at radius 2 is 1.17 bits per heavy atom. The molecule has 29 heavy (non-hydrogen) atoms. The van der Waals surface area contributed by atoms with Crippen molar-refractivity contribution in [1.82, 2.24) is 0 Å². The van der Waals surface area contributed by atoms with Gasteiger partial charge in [0.05, 0.1) is 32.6 Å². The smallest absolute Gasteiger partial charge is 0.271 e. The number of carbonyl (C=O) groups excluding carboxylic acids is 2. The van der Waals surface area contributed by atoms with Crippen LogP contribution >= 0.6 is 0 Å². The van der Waals surface area contributed by atoms with Gasteiger partial charge in [0.15, 0.2) is 0 Å². The van der Waals surface area contributed by atoms with Crippen molar-refractivity contribution in [1.29, 1.82) is 0 Å². The fourth-order valence-corrected chi connectivity index (χ4v) is 2.22. The summed E-state index contributed by atoms with van der Waals surface area (Å²) < 4.78 is 0. The van der Waals surface area contributed by atoms with Gasteiger partial charge in [0.2, 0.25) is 11.8 Å². The Balaban J connectivity index is 2.17. The van der Waals surface area contributed by atoms with Crippen LogP contribution < -0.4 is 22.1 Å². The zero-order valence-electron chi connectivity index (χ0n) is 15.5. The normalized spacial score (nSPS) is 10.8. The number of non-ortho nitro benzene ring substituents is 2. The van der Waals surface area contributed by atoms with E-state index in [2.05, 4.69) is 10.6 Å². The number of amides is 2. The predicted molar refractivity (Wildman–Crippen MR) is 106 cm³/mol. The zero-order chi connectivity index (χ0) is 21.9. The molecule has 0 aliphatic rings. The van der Waals surface area contributed by atoms with Crippen molar-refractivity contribution in [2.45, 2.75) is 13.8 Å². The van der Waals surface area contributed by atoms with Gasteiger partial charge in [-0.2, -0.15) is 0 Å². The third-order valence-corrected chi connectivity index (χ3v) is 4.12. The lowest BCUT2D eigenvalue weighted by molar-refractivity contribution is -0.385. The molecular formula is C17H18N6O6. The average Bonchev–Trinajstić information content (AvgIpc) is 2.64. The largest absolute Gasteiger partial charge is 0.397 e. The number of nitrogens with zero attached hydrogens (tertiary/aromatic N) is 2. The first kappa shape index (κ1) is 21.1. The van der Waals surface area contributed by atoms with E-state index in [0.717, 1.165) is 24.3 Å². The van der Waals surface area contributed by atoms with E-state index in [1.54, 1.807) is 0 Å². The standard InChI is InChI=1S/C17H18N6O6/c1-17(2,15(24)20-13-5-3-9(22(26)27)7-11(13)18)16(25)21-14-6-4-10(23(28)29)8-12(14)19/h3-8H,18-19H2,1-2H3,(H,20,24)(H,21,25). The van der Waals surface area contributed by atoms with E-state index < -0.39 is 27.1 Å². The van der Waals surface area contributed by atoms with E-state index in [-0.39, 0.29) is 34.1 Å². The summed E-state index contributed by atoms with van der Waals surface area (Å²) in [5.74, 6) is -1.45. The maximum atomic E-state index is 12.6. The van der Waals surface area contributed by atoms with Crippen LogP contribution in [0.4, 0.5) is 34.1 Å². The Morgan fingerprint density at radius 3 is 1.45 bits per heavy atom. The van der Waals surface area contributed by atoms with Crippen LogP contribution in [0.1, 0.15) is 13.8 Å². The van der Waals surface area contributed by atoms with Crippen LogP contribution in [0.15, 0.2) is 36.4 Å². The number of nitrogens with one attached hydrogen (secondary N) is 2. The van der Waals surface area contributed by atoms with Gasteiger partial charge in [-0.3, -0.25) is 29.8 Å². The molecule has 0 bridgehead atoms. The van der Waals surface area contributed by atoms with Gasteiger partial charge in [0, 0.05) is 24.3 Å². The topological polar surface area (TPSA) is 197 Å². The second kappa shape index (κ2) is 7.80. The number of nitrogens with two attached hydrogens (primary N) is 2. The number of benzene rings is 2. The molecule has 2 rings (SSSR count). The lowest BCUT2D eigenvalue weighted by Gasteiger charge is -2.23. The van der Waals surface area contributed by atoms with Crippen LogP contribution in [0.2, 0.25) is 0 Å². The molecule has 12 heteroatoms. The Morgan fingerprint density at radius 1 is 0.828 bits per heavy atom. The number of rotatable bonds is 6. The molecule has 12 nitrogen and oxygen atoms in total. The molecule has 0 unspecified atom stereocenters. The molecule has 152 valence electrons. The Kier molecular flexibility index (Phi) is 5.67. The highest BCUT2D eigenvalue weighted by Crippen LogP contribution is 2.29. The molecule has 0 aromatic heterocycles. The van der Waals surface area contributed by atoms with Crippen LogP contribution in [0.25, 0.3) is 0 Å². The molecule has 0 saturated carbocycles. The van der Waals surface area contributed by atoms with Gasteiger partial charge >= 0.3 is 0 Å². The fraction of sp³-hybridized carbons (Fsp3) is 0.176. The molecule has 0 aliphatic carbocycles. The van der Waals surface area contributed by atoms with Crippen molar-refractivity contribution < 1.29 is 19.4 Å². The van der Waals surface area contributed by atoms with Crippen molar-refractivity contribution in [2.24, 2.45) is 5.41 Å². The fourth-order valence-electron chi connectivity index (χ4n) is 2.22. The van der Waals surface area contributed by atoms with Crippen LogP contribution in [0.5, 0.6) is 0 Å². The van der Waals surface area contributed by atoms with Crippen molar-refractivity contribution in [3.05, 3.63) is 56.6 Å². The number of hydrogen-bond donors (Lipinski definition) is 4. The SMILES string of the molecule is CC(C)(C(=O)Nc1ccc([N+](=O)[O-])cc1N)C(=O)Nc1ccc([N+](=O)[O-])cc1N. The Labute approximate surface area is 164 Å². The van der Waals surface area contributed by atoms with Crippen molar-refractivity contribution in [2.75, 3.05) is 22.1 Å². The summed E-state index contributed by atoms with van der Waals surface area (Å²) in [4.78, 5) is 45.4. The highest BCUT2D eigenvalue weighted by molar-refractivity contribution is 6.15. The minimum atomic E-state index is -1.59. The van der Waals surface area contributed by atoms with E-state index in [4.69, 9.17) is 11.5 Å². The maximum absolute atomic E-state index is 12.6. The number of carbonyl (C=O) groups is 2. The number of nitrogen functional groups attached to an aromatic ring is 2. The summed E-state index contributed by atoms with van der Waals surface area (Å²) in [5, 5.41) is 26.4. The number of nitro groups is 2. The van der Waals surface area contributed by atoms with Gasteiger partial charge in [-0.05, 0) is 26.0 Å². The summed E-state index contributed by atoms with van der Waals surface area (Å²) >= 11 is 0. The van der Waals surface area contributed by atoms with Gasteiger partial charge in [-0.15, -0.1) is 0 Å². The lowest BCUT2D eigenvalue weighted by atomic mass is 9.90. The Bertz CT molecular complexity index is 940. The van der Waals surface area contributed by atoms with E-state index in [1.165, 1.54) is 26.0 Å². The van der Waals surface area contributed by atoms with E-state index >= 15 is 0 Å². The van der Waals surface area contributed by atoms with Crippen molar-refractivity contribution in [3.8, 4) is 0 Å². The van der Waals surface area contributed by atoms with Gasteiger partial charge < -0.3 is 22.1 Å². The monoisotopic (exact) mass is 402 g/mol. The second-order valence-electron chi connectivity index (χ2n) is 6.59. The number of hydrogen-bond acceptors (Lipinski definition) is 8. The number of nitro benzene ring substituents is 2. The minimum absolute atomic E-state index is 0.0385. The molecule has 2 amide bonds. The number of anilines is 4. The first-order valence-electron chi connectivity index (χ1n) is 8.14. The van der Waals surface area contributed by atoms with Gasteiger partial charge in [0.1, 0.15) is 5.41 Å². The van der Waals surface area contributed by atoms with Gasteiger partial charge in [-0.25, -0.2) is 0 Å². The summed E-state index contributed by atoms with van der Waals surface area (Å²) in [6.07, 6.45) is 0. The molecule has 0 fully saturated rings. The molecule has 0 spiro atoms. The summed E-state index contributed by atoms with van der Waals surface area (Å²) in [6, 6.07) is 7.01.